The lowest BCUT2D eigenvalue weighted by Gasteiger charge is -2.12. The topological polar surface area (TPSA) is 46.4 Å². The first kappa shape index (κ1) is 19.1. The number of hydrogen-bond acceptors (Lipinski definition) is 2. The van der Waals surface area contributed by atoms with Crippen molar-refractivity contribution in [2.45, 2.75) is 20.3 Å². The van der Waals surface area contributed by atoms with Crippen LogP contribution in [0.4, 0.5) is 0 Å². The van der Waals surface area contributed by atoms with Crippen molar-refractivity contribution in [3.05, 3.63) is 65.2 Å². The van der Waals surface area contributed by atoms with Gasteiger partial charge in [-0.05, 0) is 43.2 Å². The van der Waals surface area contributed by atoms with Gasteiger partial charge in [-0.15, -0.1) is 0 Å². The lowest BCUT2D eigenvalue weighted by molar-refractivity contribution is -0.858. The summed E-state index contributed by atoms with van der Waals surface area (Å²) in [4.78, 5) is 19.0. The summed E-state index contributed by atoms with van der Waals surface area (Å²) in [6.07, 6.45) is 0.959. The summed E-state index contributed by atoms with van der Waals surface area (Å²) in [5.74, 6) is -0.0348. The molecule has 0 bridgehead atoms. The number of aromatic nitrogens is 1. The molecule has 2 N–H and O–H groups in total. The predicted molar refractivity (Wildman–Crippen MR) is 111 cm³/mol. The van der Waals surface area contributed by atoms with E-state index in [0.29, 0.717) is 12.1 Å². The minimum Gasteiger partial charge on any atom is -0.352 e. The van der Waals surface area contributed by atoms with Gasteiger partial charge in [-0.1, -0.05) is 30.3 Å². The summed E-state index contributed by atoms with van der Waals surface area (Å²) in [7, 11) is 4.24. The number of nitrogens with one attached hydrogen (secondary N) is 2. The van der Waals surface area contributed by atoms with Crippen LogP contribution in [0.5, 0.6) is 0 Å². The summed E-state index contributed by atoms with van der Waals surface area (Å²) >= 11 is 0. The molecule has 0 saturated carbocycles. The lowest BCUT2D eigenvalue weighted by atomic mass is 10.0. The SMILES string of the molecule is Cc1ccc(-c2cc(C(=O)NCCC[NH+](C)C)c3ccccc3n2)cc1C. The van der Waals surface area contributed by atoms with Gasteiger partial charge in [0, 0.05) is 23.9 Å². The van der Waals surface area contributed by atoms with Crippen LogP contribution in [-0.2, 0) is 0 Å². The minimum atomic E-state index is -0.0348. The number of amides is 1. The molecule has 2 aromatic carbocycles. The van der Waals surface area contributed by atoms with Gasteiger partial charge < -0.3 is 10.2 Å². The van der Waals surface area contributed by atoms with Crippen LogP contribution in [0.2, 0.25) is 0 Å². The fourth-order valence-corrected chi connectivity index (χ4v) is 3.15. The Morgan fingerprint density at radius 3 is 2.56 bits per heavy atom. The zero-order valence-corrected chi connectivity index (χ0v) is 16.6. The van der Waals surface area contributed by atoms with Crippen molar-refractivity contribution >= 4 is 16.8 Å². The third-order valence-electron chi connectivity index (χ3n) is 4.90. The molecule has 0 spiro atoms. The molecule has 0 aliphatic carbocycles. The van der Waals surface area contributed by atoms with E-state index in [9.17, 15) is 4.79 Å². The van der Waals surface area contributed by atoms with Crippen LogP contribution in [0, 0.1) is 13.8 Å². The van der Waals surface area contributed by atoms with Crippen LogP contribution >= 0.6 is 0 Å². The van der Waals surface area contributed by atoms with E-state index in [1.165, 1.54) is 16.0 Å². The van der Waals surface area contributed by atoms with Crippen molar-refractivity contribution in [2.24, 2.45) is 0 Å². The van der Waals surface area contributed by atoms with E-state index in [0.717, 1.165) is 35.1 Å². The van der Waals surface area contributed by atoms with Crippen molar-refractivity contribution < 1.29 is 9.69 Å². The minimum absolute atomic E-state index is 0.0348. The molecule has 0 aliphatic rings. The molecule has 0 atom stereocenters. The molecule has 27 heavy (non-hydrogen) atoms. The second kappa shape index (κ2) is 8.31. The van der Waals surface area contributed by atoms with Gasteiger partial charge in [0.15, 0.2) is 0 Å². The summed E-state index contributed by atoms with van der Waals surface area (Å²) in [5.41, 5.74) is 5.87. The standard InChI is InChI=1S/C23H27N3O/c1-16-10-11-18(14-17(16)2)22-15-20(19-8-5-6-9-21(19)25-22)23(27)24-12-7-13-26(3)4/h5-6,8-11,14-15H,7,12-13H2,1-4H3,(H,24,27)/p+1. The van der Waals surface area contributed by atoms with Crippen molar-refractivity contribution in [1.82, 2.24) is 10.3 Å². The molecule has 140 valence electrons. The quantitative estimate of drug-likeness (QED) is 0.663. The molecule has 0 radical (unpaired) electrons. The number of carbonyl (C=O) groups excluding carboxylic acids is 1. The van der Waals surface area contributed by atoms with E-state index < -0.39 is 0 Å². The van der Waals surface area contributed by atoms with Gasteiger partial charge in [-0.25, -0.2) is 4.98 Å². The van der Waals surface area contributed by atoms with Gasteiger partial charge in [-0.2, -0.15) is 0 Å². The van der Waals surface area contributed by atoms with Crippen LogP contribution < -0.4 is 10.2 Å². The van der Waals surface area contributed by atoms with Crippen molar-refractivity contribution in [2.75, 3.05) is 27.2 Å². The van der Waals surface area contributed by atoms with Gasteiger partial charge >= 0.3 is 0 Å². The number of quaternary nitrogens is 1. The molecule has 0 fully saturated rings. The van der Waals surface area contributed by atoms with Crippen LogP contribution in [0.15, 0.2) is 48.5 Å². The van der Waals surface area contributed by atoms with Gasteiger partial charge in [-0.3, -0.25) is 4.79 Å². The number of rotatable bonds is 6. The summed E-state index contributed by atoms with van der Waals surface area (Å²) in [5, 5.41) is 3.96. The van der Waals surface area contributed by atoms with Crippen molar-refractivity contribution in [3.8, 4) is 11.3 Å². The maximum atomic E-state index is 12.9. The molecular weight excluding hydrogens is 334 g/mol. The van der Waals surface area contributed by atoms with Crippen molar-refractivity contribution in [3.63, 3.8) is 0 Å². The first-order valence-corrected chi connectivity index (χ1v) is 9.50. The largest absolute Gasteiger partial charge is 0.352 e. The number of aryl methyl sites for hydroxylation is 2. The number of benzene rings is 2. The van der Waals surface area contributed by atoms with E-state index in [-0.39, 0.29) is 5.91 Å². The van der Waals surface area contributed by atoms with E-state index in [4.69, 9.17) is 4.98 Å². The molecular formula is C23H28N3O+. The second-order valence-electron chi connectivity index (χ2n) is 7.44. The summed E-state index contributed by atoms with van der Waals surface area (Å²) in [6, 6.07) is 16.1. The molecule has 1 aromatic heterocycles. The van der Waals surface area contributed by atoms with Gasteiger partial charge in [0.2, 0.25) is 0 Å². The monoisotopic (exact) mass is 362 g/mol. The Morgan fingerprint density at radius 1 is 1.04 bits per heavy atom. The molecule has 1 amide bonds. The Bertz CT molecular complexity index is 963. The maximum Gasteiger partial charge on any atom is 0.252 e. The first-order valence-electron chi connectivity index (χ1n) is 9.50. The van der Waals surface area contributed by atoms with Crippen molar-refractivity contribution in [1.29, 1.82) is 0 Å². The van der Waals surface area contributed by atoms with Gasteiger partial charge in [0.1, 0.15) is 0 Å². The van der Waals surface area contributed by atoms with Gasteiger partial charge in [0.25, 0.3) is 5.91 Å². The Morgan fingerprint density at radius 2 is 1.81 bits per heavy atom. The zero-order chi connectivity index (χ0) is 19.4. The molecule has 3 aromatic rings. The first-order chi connectivity index (χ1) is 13.0. The van der Waals surface area contributed by atoms with E-state index >= 15 is 0 Å². The number of pyridine rings is 1. The molecule has 3 rings (SSSR count). The highest BCUT2D eigenvalue weighted by molar-refractivity contribution is 6.07. The van der Waals surface area contributed by atoms with Crippen LogP contribution in [0.25, 0.3) is 22.2 Å². The van der Waals surface area contributed by atoms with E-state index in [2.05, 4.69) is 51.5 Å². The highest BCUT2D eigenvalue weighted by Gasteiger charge is 2.14. The molecule has 0 saturated heterocycles. The predicted octanol–water partition coefficient (Wildman–Crippen LogP) is 2.78. The molecule has 0 aliphatic heterocycles. The number of para-hydroxylation sites is 1. The average molecular weight is 362 g/mol. The summed E-state index contributed by atoms with van der Waals surface area (Å²) < 4.78 is 0. The number of fused-ring (bicyclic) bond motifs is 1. The Balaban J connectivity index is 1.95. The number of nitrogens with zero attached hydrogens (tertiary/aromatic N) is 1. The van der Waals surface area contributed by atoms with E-state index in [1.807, 2.05) is 30.3 Å². The normalized spacial score (nSPS) is 11.1. The van der Waals surface area contributed by atoms with Crippen LogP contribution in [0.3, 0.4) is 0 Å². The van der Waals surface area contributed by atoms with Crippen LogP contribution in [-0.4, -0.2) is 38.1 Å². The smallest absolute Gasteiger partial charge is 0.252 e. The molecule has 4 nitrogen and oxygen atoms in total. The second-order valence-corrected chi connectivity index (χ2v) is 7.44. The van der Waals surface area contributed by atoms with E-state index in [1.54, 1.807) is 0 Å². The lowest BCUT2D eigenvalue weighted by Crippen LogP contribution is -3.05. The molecule has 1 heterocycles. The highest BCUT2D eigenvalue weighted by Crippen LogP contribution is 2.26. The molecule has 0 unspecified atom stereocenters. The molecule has 4 heteroatoms. The third-order valence-corrected chi connectivity index (χ3v) is 4.90. The Hall–Kier alpha value is -2.72. The van der Waals surface area contributed by atoms with Gasteiger partial charge in [0.05, 0.1) is 37.4 Å². The van der Waals surface area contributed by atoms with Crippen LogP contribution in [0.1, 0.15) is 27.9 Å². The Labute approximate surface area is 161 Å². The number of carbonyl (C=O) groups is 1. The average Bonchev–Trinajstić information content (AvgIpc) is 2.66. The number of hydrogen-bond donors (Lipinski definition) is 2. The fourth-order valence-electron chi connectivity index (χ4n) is 3.15. The fraction of sp³-hybridized carbons (Fsp3) is 0.304. The zero-order valence-electron chi connectivity index (χ0n) is 16.6. The Kier molecular flexibility index (Phi) is 5.87. The highest BCUT2D eigenvalue weighted by atomic mass is 16.1. The summed E-state index contributed by atoms with van der Waals surface area (Å²) in [6.45, 7) is 5.91. The third kappa shape index (κ3) is 4.52. The maximum absolute atomic E-state index is 12.9.